The number of carbonyl (C=O) groups excluding carboxylic acids is 2. The van der Waals surface area contributed by atoms with Crippen LogP contribution in [0.25, 0.3) is 0 Å². The van der Waals surface area contributed by atoms with Crippen LogP contribution >= 0.6 is 23.1 Å². The summed E-state index contributed by atoms with van der Waals surface area (Å²) >= 11 is 2.51. The summed E-state index contributed by atoms with van der Waals surface area (Å²) in [6, 6.07) is 6.30. The molecule has 6 nitrogen and oxygen atoms in total. The molecule has 0 spiro atoms. The lowest BCUT2D eigenvalue weighted by atomic mass is 10.0. The van der Waals surface area contributed by atoms with Crippen LogP contribution in [0.2, 0.25) is 0 Å². The Morgan fingerprint density at radius 3 is 2.61 bits per heavy atom. The molecule has 1 aromatic carbocycles. The average molecular weight is 419 g/mol. The van der Waals surface area contributed by atoms with Gasteiger partial charge in [0.25, 0.3) is 0 Å². The number of hydrogen-bond acceptors (Lipinski definition) is 7. The fraction of sp³-hybridized carbons (Fsp3) is 0.263. The van der Waals surface area contributed by atoms with E-state index in [0.29, 0.717) is 37.7 Å². The molecule has 0 radical (unpaired) electrons. The van der Waals surface area contributed by atoms with Gasteiger partial charge in [0.1, 0.15) is 5.82 Å². The molecule has 0 amide bonds. The summed E-state index contributed by atoms with van der Waals surface area (Å²) < 4.78 is 14.3. The number of H-pyrrole nitrogens is 1. The van der Waals surface area contributed by atoms with Gasteiger partial charge in [0.05, 0.1) is 16.6 Å². The van der Waals surface area contributed by atoms with Crippen molar-refractivity contribution in [3.05, 3.63) is 52.6 Å². The summed E-state index contributed by atoms with van der Waals surface area (Å²) in [5, 5.41) is 11.0. The molecule has 0 aliphatic rings. The van der Waals surface area contributed by atoms with E-state index >= 15 is 0 Å². The van der Waals surface area contributed by atoms with Gasteiger partial charge in [0.15, 0.2) is 15.9 Å². The zero-order chi connectivity index (χ0) is 20.4. The van der Waals surface area contributed by atoms with E-state index in [-0.39, 0.29) is 17.4 Å². The summed E-state index contributed by atoms with van der Waals surface area (Å²) in [6.45, 7) is 6.82. The predicted octanol–water partition coefficient (Wildman–Crippen LogP) is 4.93. The van der Waals surface area contributed by atoms with Crippen LogP contribution in [0.1, 0.15) is 46.0 Å². The largest absolute Gasteiger partial charge is 0.355 e. The van der Waals surface area contributed by atoms with E-state index in [1.807, 2.05) is 0 Å². The molecule has 0 aliphatic carbocycles. The number of aryl methyl sites for hydroxylation is 1. The van der Waals surface area contributed by atoms with Crippen LogP contribution in [-0.4, -0.2) is 32.0 Å². The van der Waals surface area contributed by atoms with Crippen LogP contribution in [0.15, 0.2) is 28.6 Å². The Morgan fingerprint density at radius 2 is 1.96 bits per heavy atom. The average Bonchev–Trinajstić information content (AvgIpc) is 3.19. The minimum absolute atomic E-state index is 0.0708. The second-order valence-corrected chi connectivity index (χ2v) is 8.85. The molecule has 0 bridgehead atoms. The molecule has 0 saturated heterocycles. The monoisotopic (exact) mass is 418 g/mol. The minimum atomic E-state index is -0.425. The predicted molar refractivity (Wildman–Crippen MR) is 110 cm³/mol. The molecule has 0 aliphatic heterocycles. The smallest absolute Gasteiger partial charge is 0.210 e. The van der Waals surface area contributed by atoms with Gasteiger partial charge in [-0.3, -0.25) is 9.59 Å². The molecule has 1 unspecified atom stereocenters. The number of carbonyl (C=O) groups is 2. The lowest BCUT2D eigenvalue weighted by Crippen LogP contribution is -2.15. The molecule has 9 heteroatoms. The van der Waals surface area contributed by atoms with Crippen LogP contribution in [0.5, 0.6) is 0 Å². The molecule has 146 valence electrons. The number of hydrogen-bond donors (Lipinski definition) is 2. The van der Waals surface area contributed by atoms with Crippen LogP contribution in [0, 0.1) is 19.7 Å². The molecular formula is C19H19FN4O2S2. The first-order valence-electron chi connectivity index (χ1n) is 8.54. The number of para-hydroxylation sites is 1. The third-order valence-corrected chi connectivity index (χ3v) is 6.23. The number of Topliss-reactive ketones (excluding diaryl/α,β-unsaturated/α-hetero) is 2. The van der Waals surface area contributed by atoms with Crippen molar-refractivity contribution in [2.45, 2.75) is 37.3 Å². The number of ketones is 2. The van der Waals surface area contributed by atoms with Crippen LogP contribution in [0.3, 0.4) is 0 Å². The maximum absolute atomic E-state index is 13.7. The van der Waals surface area contributed by atoms with Crippen LogP contribution in [0.4, 0.5) is 15.2 Å². The molecule has 3 aromatic rings. The number of rotatable bonds is 7. The molecule has 3 rings (SSSR count). The molecule has 28 heavy (non-hydrogen) atoms. The van der Waals surface area contributed by atoms with Crippen molar-refractivity contribution < 1.29 is 14.0 Å². The highest BCUT2D eigenvalue weighted by atomic mass is 32.2. The Kier molecular flexibility index (Phi) is 5.95. The number of aromatic nitrogens is 3. The van der Waals surface area contributed by atoms with E-state index in [0.717, 1.165) is 0 Å². The summed E-state index contributed by atoms with van der Waals surface area (Å²) in [4.78, 5) is 27.6. The topological polar surface area (TPSA) is 87.7 Å². The Labute approximate surface area is 170 Å². The van der Waals surface area contributed by atoms with Crippen molar-refractivity contribution in [1.82, 2.24) is 15.2 Å². The van der Waals surface area contributed by atoms with Gasteiger partial charge in [-0.2, -0.15) is 0 Å². The minimum Gasteiger partial charge on any atom is -0.355 e. The lowest BCUT2D eigenvalue weighted by molar-refractivity contribution is 0.0988. The van der Waals surface area contributed by atoms with E-state index in [2.05, 4.69) is 20.5 Å². The highest BCUT2D eigenvalue weighted by Crippen LogP contribution is 2.32. The molecule has 0 saturated carbocycles. The highest BCUT2D eigenvalue weighted by Gasteiger charge is 2.25. The SMILES string of the molecule is CC(=O)c1c(C)[nH]c(C(=O)C(C)Sc2nnc(Nc3ccccc3F)s2)c1C. The quantitative estimate of drug-likeness (QED) is 0.418. The maximum atomic E-state index is 13.7. The van der Waals surface area contributed by atoms with Gasteiger partial charge in [-0.05, 0) is 45.4 Å². The van der Waals surface area contributed by atoms with Gasteiger partial charge >= 0.3 is 0 Å². The second-order valence-electron chi connectivity index (χ2n) is 6.28. The van der Waals surface area contributed by atoms with Gasteiger partial charge in [0, 0.05) is 11.3 Å². The third-order valence-electron chi connectivity index (χ3n) is 4.20. The first-order chi connectivity index (χ1) is 13.3. The number of anilines is 2. The first kappa shape index (κ1) is 20.2. The van der Waals surface area contributed by atoms with Gasteiger partial charge in [-0.15, -0.1) is 10.2 Å². The molecule has 2 N–H and O–H groups in total. The van der Waals surface area contributed by atoms with Crippen molar-refractivity contribution in [2.24, 2.45) is 0 Å². The van der Waals surface area contributed by atoms with E-state index in [9.17, 15) is 14.0 Å². The summed E-state index contributed by atoms with van der Waals surface area (Å²) in [6.07, 6.45) is 0. The number of thioether (sulfide) groups is 1. The van der Waals surface area contributed by atoms with Crippen molar-refractivity contribution in [1.29, 1.82) is 0 Å². The van der Waals surface area contributed by atoms with Crippen molar-refractivity contribution >= 4 is 45.5 Å². The fourth-order valence-corrected chi connectivity index (χ4v) is 4.89. The fourth-order valence-electron chi connectivity index (χ4n) is 2.92. The highest BCUT2D eigenvalue weighted by molar-refractivity contribution is 8.02. The summed E-state index contributed by atoms with van der Waals surface area (Å²) in [5.41, 5.74) is 2.68. The zero-order valence-electron chi connectivity index (χ0n) is 15.8. The molecular weight excluding hydrogens is 399 g/mol. The van der Waals surface area contributed by atoms with E-state index in [1.54, 1.807) is 39.0 Å². The normalized spacial score (nSPS) is 12.0. The van der Waals surface area contributed by atoms with Gasteiger partial charge < -0.3 is 10.3 Å². The lowest BCUT2D eigenvalue weighted by Gasteiger charge is -2.07. The Hall–Kier alpha value is -2.52. The van der Waals surface area contributed by atoms with Crippen molar-refractivity contribution in [3.63, 3.8) is 0 Å². The molecule has 1 atom stereocenters. The molecule has 2 aromatic heterocycles. The Bertz CT molecular complexity index is 1040. The standard InChI is InChI=1S/C19H19FN4O2S2/c1-9-15(11(3)25)10(2)21-16(9)17(26)12(4)27-19-24-23-18(28-19)22-14-8-6-5-7-13(14)20/h5-8,12,21H,1-4H3,(H,22,23). The third kappa shape index (κ3) is 4.15. The van der Waals surface area contributed by atoms with Crippen molar-refractivity contribution in [2.75, 3.05) is 5.32 Å². The second kappa shape index (κ2) is 8.24. The molecule has 2 heterocycles. The number of aromatic amines is 1. The maximum Gasteiger partial charge on any atom is 0.210 e. The van der Waals surface area contributed by atoms with Gasteiger partial charge in [0.2, 0.25) is 5.13 Å². The molecule has 0 fully saturated rings. The van der Waals surface area contributed by atoms with Gasteiger partial charge in [-0.1, -0.05) is 35.2 Å². The number of nitrogens with zero attached hydrogens (tertiary/aromatic N) is 2. The van der Waals surface area contributed by atoms with Crippen LogP contribution in [-0.2, 0) is 0 Å². The van der Waals surface area contributed by atoms with Gasteiger partial charge in [-0.25, -0.2) is 4.39 Å². The summed E-state index contributed by atoms with van der Waals surface area (Å²) in [5.74, 6) is -0.565. The van der Waals surface area contributed by atoms with Crippen molar-refractivity contribution in [3.8, 4) is 0 Å². The van der Waals surface area contributed by atoms with E-state index in [1.165, 1.54) is 36.1 Å². The Morgan fingerprint density at radius 1 is 1.25 bits per heavy atom. The van der Waals surface area contributed by atoms with E-state index < -0.39 is 5.25 Å². The Balaban J connectivity index is 1.72. The first-order valence-corrected chi connectivity index (χ1v) is 10.2. The number of nitrogens with one attached hydrogen (secondary N) is 2. The number of benzene rings is 1. The van der Waals surface area contributed by atoms with Crippen LogP contribution < -0.4 is 5.32 Å². The number of halogens is 1. The summed E-state index contributed by atoms with van der Waals surface area (Å²) in [7, 11) is 0. The van der Waals surface area contributed by atoms with E-state index in [4.69, 9.17) is 0 Å². The zero-order valence-corrected chi connectivity index (χ0v) is 17.4.